The smallest absolute Gasteiger partial charge is 0.164 e. The number of benzene rings is 4. The van der Waals surface area contributed by atoms with Crippen LogP contribution in [0.3, 0.4) is 0 Å². The van der Waals surface area contributed by atoms with Crippen molar-refractivity contribution in [1.82, 2.24) is 0 Å². The highest BCUT2D eigenvalue weighted by Gasteiger charge is 2.26. The number of halogens is 1. The minimum atomic E-state index is -3.02. The predicted octanol–water partition coefficient (Wildman–Crippen LogP) is 6.74. The summed E-state index contributed by atoms with van der Waals surface area (Å²) >= 11 is 6.11. The van der Waals surface area contributed by atoms with Crippen molar-refractivity contribution in [3.05, 3.63) is 137 Å². The summed E-state index contributed by atoms with van der Waals surface area (Å²) in [5, 5.41) is 2.30. The van der Waals surface area contributed by atoms with E-state index in [0.717, 1.165) is 27.3 Å². The molecule has 0 atom stereocenters. The standard InChI is InChI=1S/C26H20ClOP/c27-23-18-16-22(17-19-23)26(21-10-4-1-5-11-21)20-29(28,24-12-6-2-7-13-24)25-14-8-3-9-15-25/h1-20H/b26-20+. The van der Waals surface area contributed by atoms with Crippen LogP contribution in [-0.2, 0) is 4.57 Å². The molecule has 0 radical (unpaired) electrons. The van der Waals surface area contributed by atoms with E-state index < -0.39 is 7.14 Å². The lowest BCUT2D eigenvalue weighted by atomic mass is 10.00. The normalized spacial score (nSPS) is 12.0. The van der Waals surface area contributed by atoms with Gasteiger partial charge < -0.3 is 4.57 Å². The molecule has 0 aliphatic carbocycles. The highest BCUT2D eigenvalue weighted by Crippen LogP contribution is 2.48. The molecule has 0 heterocycles. The van der Waals surface area contributed by atoms with Crippen molar-refractivity contribution in [2.24, 2.45) is 0 Å². The topological polar surface area (TPSA) is 17.1 Å². The largest absolute Gasteiger partial charge is 0.309 e. The molecule has 0 spiro atoms. The van der Waals surface area contributed by atoms with Crippen LogP contribution in [0.5, 0.6) is 0 Å². The summed E-state index contributed by atoms with van der Waals surface area (Å²) < 4.78 is 14.5. The summed E-state index contributed by atoms with van der Waals surface area (Å²) in [6.45, 7) is 0. The molecule has 0 unspecified atom stereocenters. The molecule has 0 aromatic heterocycles. The average Bonchev–Trinajstić information content (AvgIpc) is 2.80. The van der Waals surface area contributed by atoms with Crippen molar-refractivity contribution in [2.45, 2.75) is 0 Å². The van der Waals surface area contributed by atoms with Gasteiger partial charge in [-0.25, -0.2) is 0 Å². The lowest BCUT2D eigenvalue weighted by molar-refractivity contribution is 0.592. The van der Waals surface area contributed by atoms with Crippen molar-refractivity contribution in [3.63, 3.8) is 0 Å². The van der Waals surface area contributed by atoms with Crippen LogP contribution in [0.2, 0.25) is 5.02 Å². The fourth-order valence-electron chi connectivity index (χ4n) is 3.34. The molecular weight excluding hydrogens is 395 g/mol. The molecule has 0 aliphatic heterocycles. The SMILES string of the molecule is O=P(/C=C(\c1ccccc1)c1ccc(Cl)cc1)(c1ccccc1)c1ccccc1. The molecule has 0 N–H and O–H groups in total. The predicted molar refractivity (Wildman–Crippen MR) is 125 cm³/mol. The first kappa shape index (κ1) is 19.5. The highest BCUT2D eigenvalue weighted by molar-refractivity contribution is 7.81. The van der Waals surface area contributed by atoms with Gasteiger partial charge in [-0.15, -0.1) is 0 Å². The quantitative estimate of drug-likeness (QED) is 0.330. The van der Waals surface area contributed by atoms with E-state index >= 15 is 0 Å². The number of hydrogen-bond donors (Lipinski definition) is 0. The molecule has 0 amide bonds. The van der Waals surface area contributed by atoms with Gasteiger partial charge in [-0.05, 0) is 34.6 Å². The van der Waals surface area contributed by atoms with Crippen LogP contribution in [0.25, 0.3) is 5.57 Å². The monoisotopic (exact) mass is 414 g/mol. The van der Waals surface area contributed by atoms with E-state index in [1.807, 2.05) is 121 Å². The molecule has 29 heavy (non-hydrogen) atoms. The molecule has 0 aliphatic rings. The van der Waals surface area contributed by atoms with Gasteiger partial charge in [0.05, 0.1) is 0 Å². The summed E-state index contributed by atoms with van der Waals surface area (Å²) in [6, 6.07) is 37.1. The second-order valence-corrected chi connectivity index (χ2v) is 9.79. The van der Waals surface area contributed by atoms with Gasteiger partial charge in [-0.1, -0.05) is 115 Å². The van der Waals surface area contributed by atoms with Gasteiger partial charge in [0.1, 0.15) is 0 Å². The summed E-state index contributed by atoms with van der Waals surface area (Å²) in [6.07, 6.45) is 0. The molecule has 0 saturated carbocycles. The van der Waals surface area contributed by atoms with Gasteiger partial charge >= 0.3 is 0 Å². The Morgan fingerprint density at radius 1 is 0.586 bits per heavy atom. The van der Waals surface area contributed by atoms with Crippen molar-refractivity contribution < 1.29 is 4.57 Å². The van der Waals surface area contributed by atoms with E-state index in [1.165, 1.54) is 0 Å². The van der Waals surface area contributed by atoms with Crippen LogP contribution in [0, 0.1) is 0 Å². The zero-order valence-corrected chi connectivity index (χ0v) is 17.4. The molecule has 142 valence electrons. The lowest BCUT2D eigenvalue weighted by Crippen LogP contribution is -2.14. The first-order valence-electron chi connectivity index (χ1n) is 9.42. The Balaban J connectivity index is 1.98. The van der Waals surface area contributed by atoms with Crippen LogP contribution in [0.4, 0.5) is 0 Å². The number of hydrogen-bond acceptors (Lipinski definition) is 1. The Bertz CT molecular complexity index is 1110. The zero-order valence-electron chi connectivity index (χ0n) is 15.8. The van der Waals surface area contributed by atoms with Crippen LogP contribution in [0.15, 0.2) is 121 Å². The van der Waals surface area contributed by atoms with E-state index in [0.29, 0.717) is 5.02 Å². The molecule has 4 aromatic carbocycles. The van der Waals surface area contributed by atoms with Gasteiger partial charge in [0.25, 0.3) is 0 Å². The van der Waals surface area contributed by atoms with Crippen molar-refractivity contribution in [1.29, 1.82) is 0 Å². The van der Waals surface area contributed by atoms with E-state index in [-0.39, 0.29) is 0 Å². The number of rotatable bonds is 5. The molecule has 0 bridgehead atoms. The Hall–Kier alpha value is -2.86. The Morgan fingerprint density at radius 2 is 1.00 bits per heavy atom. The Labute approximate surface area is 176 Å². The van der Waals surface area contributed by atoms with Gasteiger partial charge in [0.2, 0.25) is 0 Å². The summed E-state index contributed by atoms with van der Waals surface area (Å²) in [4.78, 5) is 0. The van der Waals surface area contributed by atoms with Crippen molar-refractivity contribution in [3.8, 4) is 0 Å². The van der Waals surface area contributed by atoms with E-state index in [4.69, 9.17) is 11.6 Å². The second-order valence-electron chi connectivity index (χ2n) is 6.74. The molecule has 3 heteroatoms. The van der Waals surface area contributed by atoms with Crippen LogP contribution >= 0.6 is 18.7 Å². The maximum absolute atomic E-state index is 14.5. The van der Waals surface area contributed by atoms with Crippen molar-refractivity contribution in [2.75, 3.05) is 0 Å². The average molecular weight is 415 g/mol. The minimum Gasteiger partial charge on any atom is -0.309 e. The molecule has 4 aromatic rings. The maximum atomic E-state index is 14.5. The van der Waals surface area contributed by atoms with Gasteiger partial charge in [-0.3, -0.25) is 0 Å². The summed E-state index contributed by atoms with van der Waals surface area (Å²) in [7, 11) is -3.02. The van der Waals surface area contributed by atoms with Gasteiger partial charge in [0.15, 0.2) is 7.14 Å². The Morgan fingerprint density at radius 3 is 1.48 bits per heavy atom. The fraction of sp³-hybridized carbons (Fsp3) is 0. The van der Waals surface area contributed by atoms with E-state index in [2.05, 4.69) is 0 Å². The van der Waals surface area contributed by atoms with Crippen LogP contribution in [-0.4, -0.2) is 0 Å². The first-order valence-corrected chi connectivity index (χ1v) is 11.6. The molecule has 4 rings (SSSR count). The van der Waals surface area contributed by atoms with Gasteiger partial charge in [-0.2, -0.15) is 0 Å². The maximum Gasteiger partial charge on any atom is 0.164 e. The first-order chi connectivity index (χ1) is 14.2. The second kappa shape index (κ2) is 8.66. The minimum absolute atomic E-state index is 0.676. The molecular formula is C26H20ClOP. The van der Waals surface area contributed by atoms with Crippen LogP contribution in [0.1, 0.15) is 11.1 Å². The summed E-state index contributed by atoms with van der Waals surface area (Å²) in [5.74, 6) is 1.94. The van der Waals surface area contributed by atoms with Gasteiger partial charge in [0, 0.05) is 15.6 Å². The lowest BCUT2D eigenvalue weighted by Gasteiger charge is -2.19. The third-order valence-electron chi connectivity index (χ3n) is 4.83. The molecule has 0 fully saturated rings. The highest BCUT2D eigenvalue weighted by atomic mass is 35.5. The fourth-order valence-corrected chi connectivity index (χ4v) is 5.96. The molecule has 1 nitrogen and oxygen atoms in total. The van der Waals surface area contributed by atoms with Crippen molar-refractivity contribution >= 4 is 34.9 Å². The Kier molecular flexibility index (Phi) is 5.81. The van der Waals surface area contributed by atoms with E-state index in [1.54, 1.807) is 0 Å². The van der Waals surface area contributed by atoms with E-state index in [9.17, 15) is 4.57 Å². The van der Waals surface area contributed by atoms with Crippen LogP contribution < -0.4 is 10.6 Å². The third kappa shape index (κ3) is 4.27. The third-order valence-corrected chi connectivity index (χ3v) is 7.83. The molecule has 0 saturated heterocycles. The zero-order chi connectivity index (χ0) is 20.1. The summed E-state index contributed by atoms with van der Waals surface area (Å²) in [5.41, 5.74) is 2.92.